The van der Waals surface area contributed by atoms with Crippen LogP contribution in [0.5, 0.6) is 0 Å². The number of aliphatic imine (C=N–C) groups is 1. The maximum atomic E-state index is 12.5. The molecular formula is C21H34N4O3S. The van der Waals surface area contributed by atoms with Crippen LogP contribution in [-0.4, -0.2) is 58.2 Å². The number of sulfonamides is 1. The number of benzene rings is 1. The summed E-state index contributed by atoms with van der Waals surface area (Å²) in [6, 6.07) is 6.98. The van der Waals surface area contributed by atoms with Crippen LogP contribution < -0.4 is 10.0 Å². The highest BCUT2D eigenvalue weighted by Gasteiger charge is 2.21. The third-order valence-electron chi connectivity index (χ3n) is 5.46. The Morgan fingerprint density at radius 2 is 2.03 bits per heavy atom. The van der Waals surface area contributed by atoms with Gasteiger partial charge in [-0.2, -0.15) is 0 Å². The van der Waals surface area contributed by atoms with Crippen molar-refractivity contribution in [2.75, 3.05) is 32.8 Å². The van der Waals surface area contributed by atoms with Crippen LogP contribution >= 0.6 is 0 Å². The predicted octanol–water partition coefficient (Wildman–Crippen LogP) is 2.34. The second-order valence-corrected chi connectivity index (χ2v) is 9.76. The average Bonchev–Trinajstić information content (AvgIpc) is 3.24. The molecule has 2 fully saturated rings. The zero-order valence-corrected chi connectivity index (χ0v) is 18.4. The SMILES string of the molecule is CCNC(=NCc1ccc(S(=O)(=O)NCC2CCCO2)cc1)N1CCCC(C)C1. The molecule has 0 spiro atoms. The Kier molecular flexibility index (Phi) is 7.91. The van der Waals surface area contributed by atoms with Gasteiger partial charge in [-0.05, 0) is 56.2 Å². The van der Waals surface area contributed by atoms with Crippen LogP contribution in [0.15, 0.2) is 34.2 Å². The first-order chi connectivity index (χ1) is 14.0. The lowest BCUT2D eigenvalue weighted by atomic mass is 10.0. The first kappa shape index (κ1) is 22.1. The number of hydrogen-bond acceptors (Lipinski definition) is 4. The van der Waals surface area contributed by atoms with Gasteiger partial charge in [-0.25, -0.2) is 18.1 Å². The Hall–Kier alpha value is -1.64. The van der Waals surface area contributed by atoms with E-state index in [9.17, 15) is 8.42 Å². The number of guanidine groups is 1. The minimum Gasteiger partial charge on any atom is -0.377 e. The van der Waals surface area contributed by atoms with Crippen LogP contribution in [0.2, 0.25) is 0 Å². The second kappa shape index (κ2) is 10.4. The molecule has 2 aliphatic rings. The summed E-state index contributed by atoms with van der Waals surface area (Å²) in [5.41, 5.74) is 0.989. The topological polar surface area (TPSA) is 83.0 Å². The number of ether oxygens (including phenoxy) is 1. The van der Waals surface area contributed by atoms with Crippen LogP contribution in [0.4, 0.5) is 0 Å². The Morgan fingerprint density at radius 1 is 1.24 bits per heavy atom. The summed E-state index contributed by atoms with van der Waals surface area (Å²) in [7, 11) is -3.51. The van der Waals surface area contributed by atoms with Crippen LogP contribution in [0.3, 0.4) is 0 Å². The molecule has 2 atom stereocenters. The van der Waals surface area contributed by atoms with Gasteiger partial charge in [0.2, 0.25) is 10.0 Å². The Labute approximate surface area is 175 Å². The van der Waals surface area contributed by atoms with Gasteiger partial charge in [0, 0.05) is 32.8 Å². The Bertz CT molecular complexity index is 774. The van der Waals surface area contributed by atoms with Gasteiger partial charge in [-0.15, -0.1) is 0 Å². The lowest BCUT2D eigenvalue weighted by Gasteiger charge is -2.33. The molecule has 8 heteroatoms. The molecule has 7 nitrogen and oxygen atoms in total. The molecule has 0 aromatic heterocycles. The van der Waals surface area contributed by atoms with Crippen LogP contribution in [0.1, 0.15) is 45.1 Å². The third-order valence-corrected chi connectivity index (χ3v) is 6.90. The molecule has 2 N–H and O–H groups in total. The number of hydrogen-bond donors (Lipinski definition) is 2. The van der Waals surface area contributed by atoms with Crippen LogP contribution in [0.25, 0.3) is 0 Å². The van der Waals surface area contributed by atoms with Crippen molar-refractivity contribution in [2.24, 2.45) is 10.9 Å². The van der Waals surface area contributed by atoms with E-state index < -0.39 is 10.0 Å². The van der Waals surface area contributed by atoms with Crippen molar-refractivity contribution in [1.29, 1.82) is 0 Å². The van der Waals surface area contributed by atoms with E-state index >= 15 is 0 Å². The molecule has 0 aliphatic carbocycles. The quantitative estimate of drug-likeness (QED) is 0.521. The molecule has 2 heterocycles. The monoisotopic (exact) mass is 422 g/mol. The molecule has 162 valence electrons. The van der Waals surface area contributed by atoms with Gasteiger partial charge in [-0.1, -0.05) is 19.1 Å². The summed E-state index contributed by atoms with van der Waals surface area (Å²) in [4.78, 5) is 7.37. The number of piperidine rings is 1. The molecule has 0 radical (unpaired) electrons. The minimum atomic E-state index is -3.51. The van der Waals surface area contributed by atoms with Gasteiger partial charge in [0.15, 0.2) is 5.96 Å². The second-order valence-electron chi connectivity index (χ2n) is 7.99. The van der Waals surface area contributed by atoms with E-state index in [1.165, 1.54) is 12.8 Å². The summed E-state index contributed by atoms with van der Waals surface area (Å²) in [5.74, 6) is 1.62. The molecule has 0 bridgehead atoms. The van der Waals surface area contributed by atoms with E-state index in [0.29, 0.717) is 25.6 Å². The van der Waals surface area contributed by atoms with E-state index in [-0.39, 0.29) is 11.0 Å². The number of likely N-dealkylation sites (tertiary alicyclic amines) is 1. The molecule has 1 aromatic rings. The zero-order valence-electron chi connectivity index (χ0n) is 17.6. The fourth-order valence-electron chi connectivity index (χ4n) is 3.84. The Morgan fingerprint density at radius 3 is 2.69 bits per heavy atom. The van der Waals surface area contributed by atoms with Gasteiger partial charge in [0.1, 0.15) is 0 Å². The van der Waals surface area contributed by atoms with Crippen molar-refractivity contribution in [1.82, 2.24) is 14.9 Å². The largest absolute Gasteiger partial charge is 0.377 e. The highest BCUT2D eigenvalue weighted by molar-refractivity contribution is 7.89. The lowest BCUT2D eigenvalue weighted by molar-refractivity contribution is 0.114. The minimum absolute atomic E-state index is 0.0135. The lowest BCUT2D eigenvalue weighted by Crippen LogP contribution is -2.46. The normalized spacial score (nSPS) is 23.4. The molecular weight excluding hydrogens is 388 g/mol. The average molecular weight is 423 g/mol. The fraction of sp³-hybridized carbons (Fsp3) is 0.667. The summed E-state index contributed by atoms with van der Waals surface area (Å²) < 4.78 is 33.1. The third kappa shape index (κ3) is 6.42. The van der Waals surface area contributed by atoms with Crippen molar-refractivity contribution in [2.45, 2.75) is 57.1 Å². The summed E-state index contributed by atoms with van der Waals surface area (Å²) >= 11 is 0. The standard InChI is InChI=1S/C21H34N4O3S/c1-3-22-21(25-12-4-6-17(2)16-25)23-14-18-8-10-20(11-9-18)29(26,27)24-15-19-7-5-13-28-19/h8-11,17,19,24H,3-7,12-16H2,1-2H3,(H,22,23). The Balaban J connectivity index is 1.60. The van der Waals surface area contributed by atoms with E-state index in [1.54, 1.807) is 12.1 Å². The van der Waals surface area contributed by atoms with E-state index in [0.717, 1.165) is 44.0 Å². The molecule has 29 heavy (non-hydrogen) atoms. The molecule has 2 saturated heterocycles. The highest BCUT2D eigenvalue weighted by atomic mass is 32.2. The first-order valence-corrected chi connectivity index (χ1v) is 12.2. The molecule has 0 amide bonds. The maximum Gasteiger partial charge on any atom is 0.240 e. The van der Waals surface area contributed by atoms with Gasteiger partial charge < -0.3 is 15.0 Å². The van der Waals surface area contributed by atoms with Gasteiger partial charge >= 0.3 is 0 Å². The van der Waals surface area contributed by atoms with Crippen molar-refractivity contribution in [3.8, 4) is 0 Å². The number of nitrogens with one attached hydrogen (secondary N) is 2. The maximum absolute atomic E-state index is 12.5. The van der Waals surface area contributed by atoms with Gasteiger partial charge in [-0.3, -0.25) is 0 Å². The van der Waals surface area contributed by atoms with Gasteiger partial charge in [0.05, 0.1) is 17.5 Å². The molecule has 3 rings (SSSR count). The van der Waals surface area contributed by atoms with Crippen molar-refractivity contribution in [3.05, 3.63) is 29.8 Å². The predicted molar refractivity (Wildman–Crippen MR) is 115 cm³/mol. The van der Waals surface area contributed by atoms with E-state index in [1.807, 2.05) is 12.1 Å². The zero-order chi connectivity index (χ0) is 20.7. The summed E-state index contributed by atoms with van der Waals surface area (Å²) in [5, 5.41) is 3.38. The molecule has 1 aromatic carbocycles. The van der Waals surface area contributed by atoms with Crippen molar-refractivity contribution < 1.29 is 13.2 Å². The van der Waals surface area contributed by atoms with E-state index in [4.69, 9.17) is 9.73 Å². The number of rotatable bonds is 7. The summed E-state index contributed by atoms with van der Waals surface area (Å²) in [6.45, 7) is 8.81. The number of nitrogens with zero attached hydrogens (tertiary/aromatic N) is 2. The van der Waals surface area contributed by atoms with Crippen LogP contribution in [0, 0.1) is 5.92 Å². The van der Waals surface area contributed by atoms with Crippen molar-refractivity contribution >= 4 is 16.0 Å². The first-order valence-electron chi connectivity index (χ1n) is 10.7. The highest BCUT2D eigenvalue weighted by Crippen LogP contribution is 2.17. The van der Waals surface area contributed by atoms with Crippen LogP contribution in [-0.2, 0) is 21.3 Å². The summed E-state index contributed by atoms with van der Waals surface area (Å²) in [6.07, 6.45) is 4.35. The molecule has 0 saturated carbocycles. The van der Waals surface area contributed by atoms with Gasteiger partial charge in [0.25, 0.3) is 0 Å². The smallest absolute Gasteiger partial charge is 0.240 e. The van der Waals surface area contributed by atoms with E-state index in [2.05, 4.69) is 28.8 Å². The molecule has 2 unspecified atom stereocenters. The fourth-order valence-corrected chi connectivity index (χ4v) is 4.91. The van der Waals surface area contributed by atoms with Crippen molar-refractivity contribution in [3.63, 3.8) is 0 Å². The molecule has 2 aliphatic heterocycles.